The number of benzene rings is 3. The molecule has 1 unspecified atom stereocenters. The van der Waals surface area contributed by atoms with Gasteiger partial charge in [-0.3, -0.25) is 10.1 Å². The monoisotopic (exact) mass is 544 g/mol. The first kappa shape index (κ1) is 25.8. The lowest BCUT2D eigenvalue weighted by atomic mass is 9.93. The standard InChI is InChI=1S/C30H25ClN2O4S/c1-18-27(32-29(35)37-19(2)24-6-4-5-7-25(24)31)26(38-33-18)13-9-20-8-10-22-17-23(12-11-21(22)16-20)30(14-15-30)28(34)36-3/h4-8,10-12,16-17,19H,14-15H2,1-3H3,(H,32,35). The van der Waals surface area contributed by atoms with Gasteiger partial charge >= 0.3 is 12.1 Å². The Morgan fingerprint density at radius 3 is 2.55 bits per heavy atom. The van der Waals surface area contributed by atoms with Crippen LogP contribution < -0.4 is 5.32 Å². The Hall–Kier alpha value is -3.86. The van der Waals surface area contributed by atoms with Crippen LogP contribution in [-0.4, -0.2) is 23.5 Å². The van der Waals surface area contributed by atoms with Crippen molar-refractivity contribution in [2.24, 2.45) is 0 Å². The van der Waals surface area contributed by atoms with Crippen molar-refractivity contribution in [2.75, 3.05) is 12.4 Å². The number of hydrogen-bond donors (Lipinski definition) is 1. The highest BCUT2D eigenvalue weighted by molar-refractivity contribution is 7.07. The van der Waals surface area contributed by atoms with Crippen molar-refractivity contribution in [3.05, 3.63) is 92.9 Å². The van der Waals surface area contributed by atoms with Gasteiger partial charge in [-0.2, -0.15) is 4.37 Å². The third-order valence-corrected chi connectivity index (χ3v) is 7.95. The van der Waals surface area contributed by atoms with Crippen LogP contribution in [0.15, 0.2) is 60.7 Å². The number of esters is 1. The van der Waals surface area contributed by atoms with Crippen molar-refractivity contribution in [3.8, 4) is 11.8 Å². The number of fused-ring (bicyclic) bond motifs is 1. The highest BCUT2D eigenvalue weighted by atomic mass is 35.5. The summed E-state index contributed by atoms with van der Waals surface area (Å²) in [6.07, 6.45) is 0.494. The van der Waals surface area contributed by atoms with Crippen molar-refractivity contribution >= 4 is 51.7 Å². The van der Waals surface area contributed by atoms with Crippen LogP contribution in [0.5, 0.6) is 0 Å². The molecule has 0 bridgehead atoms. The molecular formula is C30H25ClN2O4S. The van der Waals surface area contributed by atoms with Crippen molar-refractivity contribution in [3.63, 3.8) is 0 Å². The molecule has 0 radical (unpaired) electrons. The maximum absolute atomic E-state index is 12.6. The number of methoxy groups -OCH3 is 1. The van der Waals surface area contributed by atoms with E-state index in [1.807, 2.05) is 55.5 Å². The number of carbonyl (C=O) groups excluding carboxylic acids is 2. The number of rotatable bonds is 5. The van der Waals surface area contributed by atoms with Crippen molar-refractivity contribution in [2.45, 2.75) is 38.2 Å². The third kappa shape index (κ3) is 5.10. The number of carbonyl (C=O) groups is 2. The molecule has 4 aromatic rings. The third-order valence-electron chi connectivity index (χ3n) is 6.76. The van der Waals surface area contributed by atoms with Gasteiger partial charge in [0.05, 0.1) is 23.9 Å². The van der Waals surface area contributed by atoms with Gasteiger partial charge in [-0.15, -0.1) is 0 Å². The molecule has 6 nitrogen and oxygen atoms in total. The van der Waals surface area contributed by atoms with E-state index in [4.69, 9.17) is 21.1 Å². The molecule has 0 saturated heterocycles. The molecule has 1 saturated carbocycles. The maximum atomic E-state index is 12.6. The van der Waals surface area contributed by atoms with Crippen LogP contribution in [0.25, 0.3) is 10.8 Å². The first-order valence-corrected chi connectivity index (χ1v) is 13.3. The Labute approximate surface area is 230 Å². The van der Waals surface area contributed by atoms with Gasteiger partial charge in [-0.1, -0.05) is 60.0 Å². The first-order valence-electron chi connectivity index (χ1n) is 12.1. The van der Waals surface area contributed by atoms with E-state index >= 15 is 0 Å². The highest BCUT2D eigenvalue weighted by Crippen LogP contribution is 2.49. The SMILES string of the molecule is COC(=O)C1(c2ccc3cc(C#Cc4snc(C)c4NC(=O)OC(C)c4ccccc4Cl)ccc3c2)CC1. The number of amides is 1. The molecule has 1 aliphatic rings. The smallest absolute Gasteiger partial charge is 0.412 e. The number of aryl methyl sites for hydroxylation is 1. The second kappa shape index (κ2) is 10.5. The van der Waals surface area contributed by atoms with E-state index < -0.39 is 17.6 Å². The summed E-state index contributed by atoms with van der Waals surface area (Å²) in [6.45, 7) is 3.58. The number of hydrogen-bond acceptors (Lipinski definition) is 6. The Balaban J connectivity index is 1.32. The molecule has 1 aromatic heterocycles. The van der Waals surface area contributed by atoms with Gasteiger partial charge in [0.15, 0.2) is 0 Å². The molecule has 0 spiro atoms. The number of nitrogens with zero attached hydrogens (tertiary/aromatic N) is 1. The van der Waals surface area contributed by atoms with Crippen LogP contribution in [0.4, 0.5) is 10.5 Å². The van der Waals surface area contributed by atoms with Crippen molar-refractivity contribution in [1.82, 2.24) is 4.37 Å². The quantitative estimate of drug-likeness (QED) is 0.213. The van der Waals surface area contributed by atoms with E-state index in [2.05, 4.69) is 27.6 Å². The van der Waals surface area contributed by atoms with E-state index in [1.54, 1.807) is 13.0 Å². The maximum Gasteiger partial charge on any atom is 0.412 e. The minimum Gasteiger partial charge on any atom is -0.468 e. The van der Waals surface area contributed by atoms with Gasteiger partial charge in [-0.25, -0.2) is 4.79 Å². The van der Waals surface area contributed by atoms with Crippen LogP contribution in [0.1, 0.15) is 53.1 Å². The molecule has 38 heavy (non-hydrogen) atoms. The molecule has 5 rings (SSSR count). The Morgan fingerprint density at radius 1 is 1.08 bits per heavy atom. The van der Waals surface area contributed by atoms with Gasteiger partial charge < -0.3 is 9.47 Å². The van der Waals surface area contributed by atoms with Crippen molar-refractivity contribution < 1.29 is 19.1 Å². The van der Waals surface area contributed by atoms with Gasteiger partial charge in [0.1, 0.15) is 11.0 Å². The van der Waals surface area contributed by atoms with Crippen LogP contribution in [0.3, 0.4) is 0 Å². The lowest BCUT2D eigenvalue weighted by Crippen LogP contribution is -2.21. The summed E-state index contributed by atoms with van der Waals surface area (Å²) in [5.41, 5.74) is 3.23. The van der Waals surface area contributed by atoms with E-state index in [0.717, 1.165) is 40.3 Å². The normalized spacial score (nSPS) is 14.2. The molecule has 1 aliphatic carbocycles. The van der Waals surface area contributed by atoms with E-state index in [9.17, 15) is 9.59 Å². The van der Waals surface area contributed by atoms with Crippen LogP contribution in [0.2, 0.25) is 5.02 Å². The highest BCUT2D eigenvalue weighted by Gasteiger charge is 2.52. The molecule has 192 valence electrons. The van der Waals surface area contributed by atoms with E-state index in [0.29, 0.717) is 21.3 Å². The van der Waals surface area contributed by atoms with Gasteiger partial charge in [0.2, 0.25) is 0 Å². The molecule has 8 heteroatoms. The fraction of sp³-hybridized carbons (Fsp3) is 0.233. The second-order valence-corrected chi connectivity index (χ2v) is 10.4. The summed E-state index contributed by atoms with van der Waals surface area (Å²) in [6, 6.07) is 19.3. The van der Waals surface area contributed by atoms with Crippen LogP contribution in [-0.2, 0) is 19.7 Å². The van der Waals surface area contributed by atoms with Gasteiger partial charge in [-0.05, 0) is 78.7 Å². The Morgan fingerprint density at radius 2 is 1.82 bits per heavy atom. The molecule has 1 N–H and O–H groups in total. The average Bonchev–Trinajstić information content (AvgIpc) is 3.66. The molecule has 1 fully saturated rings. The molecule has 0 aliphatic heterocycles. The predicted molar refractivity (Wildman–Crippen MR) is 150 cm³/mol. The van der Waals surface area contributed by atoms with Crippen molar-refractivity contribution in [1.29, 1.82) is 0 Å². The Bertz CT molecular complexity index is 1610. The summed E-state index contributed by atoms with van der Waals surface area (Å²) in [5, 5.41) is 5.39. The number of anilines is 1. The summed E-state index contributed by atoms with van der Waals surface area (Å²) in [4.78, 5) is 25.5. The van der Waals surface area contributed by atoms with E-state index in [1.165, 1.54) is 18.6 Å². The lowest BCUT2D eigenvalue weighted by molar-refractivity contribution is -0.143. The number of halogens is 1. The fourth-order valence-electron chi connectivity index (χ4n) is 4.44. The first-order chi connectivity index (χ1) is 18.3. The van der Waals surface area contributed by atoms with Crippen LogP contribution >= 0.6 is 23.1 Å². The minimum atomic E-state index is -0.606. The largest absolute Gasteiger partial charge is 0.468 e. The zero-order valence-corrected chi connectivity index (χ0v) is 22.7. The summed E-state index contributed by atoms with van der Waals surface area (Å²) in [7, 11) is 1.43. The summed E-state index contributed by atoms with van der Waals surface area (Å²) in [5.74, 6) is 6.14. The minimum absolute atomic E-state index is 0.175. The summed E-state index contributed by atoms with van der Waals surface area (Å²) < 4.78 is 14.9. The molecule has 1 atom stereocenters. The zero-order chi connectivity index (χ0) is 26.9. The number of aromatic nitrogens is 1. The number of nitrogens with one attached hydrogen (secondary N) is 1. The molecule has 3 aromatic carbocycles. The lowest BCUT2D eigenvalue weighted by Gasteiger charge is -2.15. The average molecular weight is 545 g/mol. The predicted octanol–water partition coefficient (Wildman–Crippen LogP) is 7.17. The van der Waals surface area contributed by atoms with Crippen LogP contribution in [0, 0.1) is 18.8 Å². The molecule has 1 heterocycles. The topological polar surface area (TPSA) is 77.5 Å². The fourth-order valence-corrected chi connectivity index (χ4v) is 5.44. The summed E-state index contributed by atoms with van der Waals surface area (Å²) >= 11 is 7.44. The zero-order valence-electron chi connectivity index (χ0n) is 21.1. The number of ether oxygens (including phenoxy) is 2. The molecular weight excluding hydrogens is 520 g/mol. The van der Waals surface area contributed by atoms with Gasteiger partial charge in [0, 0.05) is 16.1 Å². The molecule has 1 amide bonds. The van der Waals surface area contributed by atoms with Gasteiger partial charge in [0.25, 0.3) is 0 Å². The Kier molecular flexibility index (Phi) is 7.11. The second-order valence-electron chi connectivity index (χ2n) is 9.27. The van der Waals surface area contributed by atoms with E-state index in [-0.39, 0.29) is 5.97 Å².